The molecule has 28 heavy (non-hydrogen) atoms. The predicted molar refractivity (Wildman–Crippen MR) is 95.3 cm³/mol. The van der Waals surface area contributed by atoms with Crippen molar-refractivity contribution in [3.8, 4) is 0 Å². The summed E-state index contributed by atoms with van der Waals surface area (Å²) in [5.41, 5.74) is 0.619. The van der Waals surface area contributed by atoms with E-state index in [2.05, 4.69) is 20.4 Å². The van der Waals surface area contributed by atoms with Gasteiger partial charge in [0, 0.05) is 11.1 Å². The lowest BCUT2D eigenvalue weighted by Gasteiger charge is -2.12. The molecule has 148 valence electrons. The maximum atomic E-state index is 12.4. The van der Waals surface area contributed by atoms with Gasteiger partial charge >= 0.3 is 12.3 Å². The van der Waals surface area contributed by atoms with Crippen LogP contribution in [0.1, 0.15) is 10.4 Å². The zero-order valence-corrected chi connectivity index (χ0v) is 15.3. The van der Waals surface area contributed by atoms with E-state index in [-0.39, 0.29) is 10.6 Å². The van der Waals surface area contributed by atoms with Gasteiger partial charge in [0.25, 0.3) is 11.8 Å². The number of fused-ring (bicyclic) bond motifs is 1. The van der Waals surface area contributed by atoms with E-state index in [1.165, 1.54) is 23.2 Å². The molecule has 1 atom stereocenters. The van der Waals surface area contributed by atoms with Crippen LogP contribution in [0.2, 0.25) is 0 Å². The molecule has 0 saturated carbocycles. The second-order valence-corrected chi connectivity index (χ2v) is 7.38. The second-order valence-electron chi connectivity index (χ2n) is 5.31. The molecule has 0 bridgehead atoms. The van der Waals surface area contributed by atoms with E-state index in [1.807, 2.05) is 0 Å². The molecular formula is C15H11F3N4O4S2. The molecule has 0 radical (unpaired) electrons. The highest BCUT2D eigenvalue weighted by atomic mass is 32.2. The van der Waals surface area contributed by atoms with Crippen molar-refractivity contribution in [2.45, 2.75) is 16.4 Å². The Hall–Kier alpha value is -2.80. The number of aromatic nitrogens is 1. The van der Waals surface area contributed by atoms with Gasteiger partial charge in [-0.25, -0.2) is 4.79 Å². The molecule has 0 saturated heterocycles. The van der Waals surface area contributed by atoms with E-state index in [0.717, 1.165) is 16.2 Å². The highest BCUT2D eigenvalue weighted by molar-refractivity contribution is 8.01. The molecule has 3 N–H and O–H groups in total. The largest absolute Gasteiger partial charge is 0.440 e. The molecule has 1 aliphatic heterocycles. The fraction of sp³-hybridized carbons (Fsp3) is 0.200. The quantitative estimate of drug-likeness (QED) is 0.681. The number of alkyl halides is 3. The first kappa shape index (κ1) is 19.9. The molecule has 1 aliphatic rings. The Balaban J connectivity index is 1.58. The number of carbonyl (C=O) groups is 3. The molecule has 3 rings (SSSR count). The number of pyridine rings is 1. The second kappa shape index (κ2) is 8.06. The van der Waals surface area contributed by atoms with E-state index in [1.54, 1.807) is 23.8 Å². The number of rotatable bonds is 4. The van der Waals surface area contributed by atoms with Gasteiger partial charge in [-0.1, -0.05) is 11.8 Å². The van der Waals surface area contributed by atoms with Gasteiger partial charge in [-0.05, 0) is 17.5 Å². The summed E-state index contributed by atoms with van der Waals surface area (Å²) in [7, 11) is 0. The van der Waals surface area contributed by atoms with Crippen LogP contribution in [0.25, 0.3) is 0 Å². The smallest absolute Gasteiger partial charge is 0.422 e. The van der Waals surface area contributed by atoms with Crippen molar-refractivity contribution in [2.24, 2.45) is 0 Å². The molecule has 0 aromatic carbocycles. The number of anilines is 2. The highest BCUT2D eigenvalue weighted by Gasteiger charge is 2.31. The van der Waals surface area contributed by atoms with Gasteiger partial charge in [-0.3, -0.25) is 19.9 Å². The standard InChI is InChI=1S/C15H11F3N4O4S2/c16-15(17,18)6-26-14(25)22-10(23)7-2-4-27-12(7)21-11(24)13-20-8-5-19-3-1-9(8)28-13/h1-5,13,20H,6H2,(H,21,24)(H,22,23,25). The lowest BCUT2D eigenvalue weighted by Crippen LogP contribution is -2.34. The average Bonchev–Trinajstić information content (AvgIpc) is 3.25. The zero-order valence-electron chi connectivity index (χ0n) is 13.7. The molecule has 3 heterocycles. The van der Waals surface area contributed by atoms with Crippen molar-refractivity contribution in [2.75, 3.05) is 17.2 Å². The maximum Gasteiger partial charge on any atom is 0.422 e. The lowest BCUT2D eigenvalue weighted by atomic mass is 10.3. The van der Waals surface area contributed by atoms with Gasteiger partial charge in [0.05, 0.1) is 17.4 Å². The highest BCUT2D eigenvalue weighted by Crippen LogP contribution is 2.38. The third kappa shape index (κ3) is 4.92. The van der Waals surface area contributed by atoms with E-state index in [4.69, 9.17) is 0 Å². The number of carbonyl (C=O) groups excluding carboxylic acids is 3. The molecule has 1 unspecified atom stereocenters. The third-order valence-electron chi connectivity index (χ3n) is 3.28. The van der Waals surface area contributed by atoms with Crippen LogP contribution in [0.3, 0.4) is 0 Å². The van der Waals surface area contributed by atoms with Crippen LogP contribution in [0.4, 0.5) is 28.7 Å². The number of amides is 3. The van der Waals surface area contributed by atoms with E-state index in [0.29, 0.717) is 5.69 Å². The van der Waals surface area contributed by atoms with E-state index >= 15 is 0 Å². The number of thioether (sulfide) groups is 1. The first-order valence-electron chi connectivity index (χ1n) is 7.53. The first-order chi connectivity index (χ1) is 13.2. The molecule has 0 spiro atoms. The summed E-state index contributed by atoms with van der Waals surface area (Å²) in [6, 6.07) is 3.07. The summed E-state index contributed by atoms with van der Waals surface area (Å²) in [6.45, 7) is -1.82. The number of hydrogen-bond acceptors (Lipinski definition) is 8. The summed E-state index contributed by atoms with van der Waals surface area (Å²) < 4.78 is 40.0. The van der Waals surface area contributed by atoms with Gasteiger partial charge in [-0.15, -0.1) is 11.3 Å². The van der Waals surface area contributed by atoms with Crippen LogP contribution in [0.15, 0.2) is 34.8 Å². The molecular weight excluding hydrogens is 421 g/mol. The van der Waals surface area contributed by atoms with Crippen molar-refractivity contribution in [3.63, 3.8) is 0 Å². The Morgan fingerprint density at radius 2 is 2.07 bits per heavy atom. The minimum atomic E-state index is -4.71. The molecule has 0 fully saturated rings. The molecule has 8 nitrogen and oxygen atoms in total. The van der Waals surface area contributed by atoms with Crippen molar-refractivity contribution >= 4 is 51.7 Å². The fourth-order valence-corrected chi connectivity index (χ4v) is 3.89. The number of halogens is 3. The Kier molecular flexibility index (Phi) is 5.74. The van der Waals surface area contributed by atoms with Crippen molar-refractivity contribution in [3.05, 3.63) is 35.5 Å². The third-order valence-corrected chi connectivity index (χ3v) is 5.29. The SMILES string of the molecule is O=C(NC(=O)c1ccsc1NC(=O)C1Nc2cnccc2S1)OCC(F)(F)F. The number of ether oxygens (including phenoxy) is 1. The normalized spacial score (nSPS) is 15.3. The van der Waals surface area contributed by atoms with Gasteiger partial charge in [0.2, 0.25) is 0 Å². The number of imide groups is 1. The Bertz CT molecular complexity index is 894. The summed E-state index contributed by atoms with van der Waals surface area (Å²) >= 11 is 2.28. The van der Waals surface area contributed by atoms with Gasteiger partial charge < -0.3 is 15.4 Å². The number of nitrogens with zero attached hydrogens (tertiary/aromatic N) is 1. The number of hydrogen-bond donors (Lipinski definition) is 3. The van der Waals surface area contributed by atoms with Gasteiger partial charge in [0.1, 0.15) is 5.00 Å². The predicted octanol–water partition coefficient (Wildman–Crippen LogP) is 3.05. The lowest BCUT2D eigenvalue weighted by molar-refractivity contribution is -0.160. The molecule has 3 amide bonds. The fourth-order valence-electron chi connectivity index (χ4n) is 2.12. The summed E-state index contributed by atoms with van der Waals surface area (Å²) in [6.07, 6.45) is -3.08. The van der Waals surface area contributed by atoms with Crippen LogP contribution in [0.5, 0.6) is 0 Å². The van der Waals surface area contributed by atoms with Crippen LogP contribution in [0, 0.1) is 0 Å². The number of nitrogens with one attached hydrogen (secondary N) is 3. The van der Waals surface area contributed by atoms with Crippen LogP contribution < -0.4 is 16.0 Å². The summed E-state index contributed by atoms with van der Waals surface area (Å²) in [4.78, 5) is 40.6. The van der Waals surface area contributed by atoms with E-state index in [9.17, 15) is 27.6 Å². The minimum absolute atomic E-state index is 0.0792. The number of thiophene rings is 1. The average molecular weight is 432 g/mol. The summed E-state index contributed by atoms with van der Waals surface area (Å²) in [5.74, 6) is -1.44. The van der Waals surface area contributed by atoms with Gasteiger partial charge in [-0.2, -0.15) is 13.2 Å². The Morgan fingerprint density at radius 3 is 2.79 bits per heavy atom. The summed E-state index contributed by atoms with van der Waals surface area (Å²) in [5, 5.41) is 8.18. The van der Waals surface area contributed by atoms with Crippen molar-refractivity contribution < 1.29 is 32.3 Å². The van der Waals surface area contributed by atoms with Crippen LogP contribution in [-0.2, 0) is 9.53 Å². The Labute approximate surface area is 163 Å². The van der Waals surface area contributed by atoms with Crippen LogP contribution in [-0.4, -0.2) is 41.0 Å². The van der Waals surface area contributed by atoms with Gasteiger partial charge in [0.15, 0.2) is 12.0 Å². The molecule has 2 aromatic rings. The maximum absolute atomic E-state index is 12.4. The van der Waals surface area contributed by atoms with E-state index < -0.39 is 36.1 Å². The first-order valence-corrected chi connectivity index (χ1v) is 9.29. The van der Waals surface area contributed by atoms with Crippen molar-refractivity contribution in [1.82, 2.24) is 10.3 Å². The number of alkyl carbamates (subject to hydrolysis) is 1. The Morgan fingerprint density at radius 1 is 1.29 bits per heavy atom. The minimum Gasteiger partial charge on any atom is -0.440 e. The molecule has 13 heteroatoms. The van der Waals surface area contributed by atoms with Crippen LogP contribution >= 0.6 is 23.1 Å². The molecule has 0 aliphatic carbocycles. The topological polar surface area (TPSA) is 109 Å². The van der Waals surface area contributed by atoms with Crippen molar-refractivity contribution in [1.29, 1.82) is 0 Å². The molecule has 2 aromatic heterocycles. The monoisotopic (exact) mass is 432 g/mol. The zero-order chi connectivity index (χ0) is 20.3.